The second-order valence-corrected chi connectivity index (χ2v) is 6.79. The molecule has 0 aliphatic carbocycles. The van der Waals surface area contributed by atoms with E-state index in [9.17, 15) is 4.79 Å². The molecule has 126 valence electrons. The van der Waals surface area contributed by atoms with Gasteiger partial charge in [0.15, 0.2) is 11.5 Å². The predicted molar refractivity (Wildman–Crippen MR) is 90.2 cm³/mol. The molecule has 6 heteroatoms. The molecule has 0 bridgehead atoms. The Balaban J connectivity index is 1.37. The minimum atomic E-state index is 0.0562. The Labute approximate surface area is 141 Å². The Bertz CT molecular complexity index is 531. The molecule has 0 saturated carbocycles. The van der Waals surface area contributed by atoms with E-state index in [0.717, 1.165) is 42.3 Å². The van der Waals surface area contributed by atoms with Gasteiger partial charge in [-0.1, -0.05) is 6.07 Å². The standard InChI is InChI=1S/C17H23NO4S/c19-17(12-23-11-14-3-1-2-6-20-14)18-10-13-4-5-15-16(9-13)22-8-7-21-15/h4-5,9,14H,1-3,6-8,10-12H2,(H,18,19). The average Bonchev–Trinajstić information content (AvgIpc) is 2.61. The van der Waals surface area contributed by atoms with Gasteiger partial charge in [0.25, 0.3) is 0 Å². The van der Waals surface area contributed by atoms with Gasteiger partial charge in [-0.2, -0.15) is 0 Å². The zero-order chi connectivity index (χ0) is 15.9. The van der Waals surface area contributed by atoms with E-state index in [0.29, 0.717) is 31.6 Å². The van der Waals surface area contributed by atoms with E-state index in [-0.39, 0.29) is 5.91 Å². The molecule has 1 atom stereocenters. The number of hydrogen-bond acceptors (Lipinski definition) is 5. The molecule has 2 heterocycles. The van der Waals surface area contributed by atoms with Crippen molar-refractivity contribution in [1.82, 2.24) is 5.32 Å². The molecule has 5 nitrogen and oxygen atoms in total. The van der Waals surface area contributed by atoms with Crippen LogP contribution in [0.25, 0.3) is 0 Å². The molecule has 1 aromatic rings. The number of carbonyl (C=O) groups excluding carboxylic acids is 1. The summed E-state index contributed by atoms with van der Waals surface area (Å²) in [6, 6.07) is 5.78. The van der Waals surface area contributed by atoms with Crippen LogP contribution in [-0.4, -0.2) is 43.3 Å². The van der Waals surface area contributed by atoms with Gasteiger partial charge < -0.3 is 19.5 Å². The van der Waals surface area contributed by atoms with Crippen LogP contribution in [-0.2, 0) is 16.1 Å². The van der Waals surface area contributed by atoms with Crippen LogP contribution in [0.4, 0.5) is 0 Å². The molecule has 1 amide bonds. The highest BCUT2D eigenvalue weighted by molar-refractivity contribution is 7.99. The summed E-state index contributed by atoms with van der Waals surface area (Å²) in [5.74, 6) is 2.96. The molecular formula is C17H23NO4S. The molecule has 1 aromatic carbocycles. The molecule has 1 unspecified atom stereocenters. The summed E-state index contributed by atoms with van der Waals surface area (Å²) in [5.41, 5.74) is 1.02. The van der Waals surface area contributed by atoms with E-state index in [2.05, 4.69) is 5.32 Å². The van der Waals surface area contributed by atoms with E-state index < -0.39 is 0 Å². The highest BCUT2D eigenvalue weighted by atomic mass is 32.2. The normalized spacial score (nSPS) is 20.1. The first-order valence-electron chi connectivity index (χ1n) is 8.16. The summed E-state index contributed by atoms with van der Waals surface area (Å²) in [5, 5.41) is 2.95. The zero-order valence-corrected chi connectivity index (χ0v) is 14.0. The van der Waals surface area contributed by atoms with Gasteiger partial charge in [0.2, 0.25) is 5.91 Å². The smallest absolute Gasteiger partial charge is 0.230 e. The summed E-state index contributed by atoms with van der Waals surface area (Å²) < 4.78 is 16.7. The van der Waals surface area contributed by atoms with E-state index >= 15 is 0 Å². The molecule has 1 N–H and O–H groups in total. The molecule has 3 rings (SSSR count). The lowest BCUT2D eigenvalue weighted by molar-refractivity contribution is -0.118. The van der Waals surface area contributed by atoms with Crippen LogP contribution in [0.5, 0.6) is 11.5 Å². The van der Waals surface area contributed by atoms with Crippen molar-refractivity contribution in [3.05, 3.63) is 23.8 Å². The lowest BCUT2D eigenvalue weighted by Gasteiger charge is -2.22. The number of benzene rings is 1. The molecular weight excluding hydrogens is 314 g/mol. The van der Waals surface area contributed by atoms with Gasteiger partial charge in [0.1, 0.15) is 13.2 Å². The molecule has 1 fully saturated rings. The number of thioether (sulfide) groups is 1. The van der Waals surface area contributed by atoms with Gasteiger partial charge in [-0.25, -0.2) is 0 Å². The molecule has 0 aromatic heterocycles. The Morgan fingerprint density at radius 3 is 2.87 bits per heavy atom. The Kier molecular flexibility index (Phi) is 6.05. The van der Waals surface area contributed by atoms with Crippen molar-refractivity contribution >= 4 is 17.7 Å². The summed E-state index contributed by atoms with van der Waals surface area (Å²) >= 11 is 1.64. The first-order chi connectivity index (χ1) is 11.3. The van der Waals surface area contributed by atoms with Crippen molar-refractivity contribution in [3.8, 4) is 11.5 Å². The van der Waals surface area contributed by atoms with Gasteiger partial charge in [-0.3, -0.25) is 4.79 Å². The fraction of sp³-hybridized carbons (Fsp3) is 0.588. The number of amides is 1. The van der Waals surface area contributed by atoms with E-state index in [4.69, 9.17) is 14.2 Å². The number of hydrogen-bond donors (Lipinski definition) is 1. The van der Waals surface area contributed by atoms with E-state index in [1.165, 1.54) is 6.42 Å². The Hall–Kier alpha value is -1.40. The van der Waals surface area contributed by atoms with Crippen molar-refractivity contribution in [2.24, 2.45) is 0 Å². The fourth-order valence-electron chi connectivity index (χ4n) is 2.67. The maximum atomic E-state index is 11.9. The van der Waals surface area contributed by atoms with Crippen LogP contribution in [0.15, 0.2) is 18.2 Å². The van der Waals surface area contributed by atoms with Crippen LogP contribution in [0.3, 0.4) is 0 Å². The highest BCUT2D eigenvalue weighted by Gasteiger charge is 2.15. The minimum Gasteiger partial charge on any atom is -0.486 e. The van der Waals surface area contributed by atoms with Gasteiger partial charge in [0.05, 0.1) is 11.9 Å². The van der Waals surface area contributed by atoms with Crippen LogP contribution >= 0.6 is 11.8 Å². The summed E-state index contributed by atoms with van der Waals surface area (Å²) in [7, 11) is 0. The highest BCUT2D eigenvalue weighted by Crippen LogP contribution is 2.30. The largest absolute Gasteiger partial charge is 0.486 e. The third-order valence-corrected chi connectivity index (χ3v) is 4.98. The van der Waals surface area contributed by atoms with E-state index in [1.54, 1.807) is 11.8 Å². The number of fused-ring (bicyclic) bond motifs is 1. The Morgan fingerprint density at radius 1 is 1.17 bits per heavy atom. The summed E-state index contributed by atoms with van der Waals surface area (Å²) in [4.78, 5) is 11.9. The Morgan fingerprint density at radius 2 is 2.04 bits per heavy atom. The minimum absolute atomic E-state index is 0.0562. The van der Waals surface area contributed by atoms with Crippen LogP contribution in [0.1, 0.15) is 24.8 Å². The van der Waals surface area contributed by atoms with Crippen LogP contribution < -0.4 is 14.8 Å². The number of ether oxygens (including phenoxy) is 3. The van der Waals surface area contributed by atoms with Gasteiger partial charge in [-0.05, 0) is 37.0 Å². The third kappa shape index (κ3) is 5.04. The van der Waals surface area contributed by atoms with Gasteiger partial charge >= 0.3 is 0 Å². The molecule has 2 aliphatic rings. The van der Waals surface area contributed by atoms with Crippen molar-refractivity contribution in [1.29, 1.82) is 0 Å². The summed E-state index contributed by atoms with van der Waals surface area (Å²) in [6.45, 7) is 2.53. The maximum Gasteiger partial charge on any atom is 0.230 e. The summed E-state index contributed by atoms with van der Waals surface area (Å²) in [6.07, 6.45) is 3.84. The monoisotopic (exact) mass is 337 g/mol. The second kappa shape index (κ2) is 8.45. The number of nitrogens with one attached hydrogen (secondary N) is 1. The van der Waals surface area contributed by atoms with Crippen molar-refractivity contribution in [2.45, 2.75) is 31.9 Å². The number of carbonyl (C=O) groups is 1. The van der Waals surface area contributed by atoms with Crippen molar-refractivity contribution in [3.63, 3.8) is 0 Å². The van der Waals surface area contributed by atoms with Crippen molar-refractivity contribution < 1.29 is 19.0 Å². The zero-order valence-electron chi connectivity index (χ0n) is 13.2. The molecule has 2 aliphatic heterocycles. The first kappa shape index (κ1) is 16.5. The SMILES string of the molecule is O=C(CSCC1CCCCO1)NCc1ccc2c(c1)OCCO2. The molecule has 23 heavy (non-hydrogen) atoms. The second-order valence-electron chi connectivity index (χ2n) is 5.76. The number of rotatable bonds is 6. The maximum absolute atomic E-state index is 11.9. The van der Waals surface area contributed by atoms with Crippen LogP contribution in [0, 0.1) is 0 Å². The topological polar surface area (TPSA) is 56.8 Å². The first-order valence-corrected chi connectivity index (χ1v) is 9.31. The fourth-order valence-corrected chi connectivity index (χ4v) is 3.60. The lowest BCUT2D eigenvalue weighted by Crippen LogP contribution is -2.26. The quantitative estimate of drug-likeness (QED) is 0.864. The third-order valence-electron chi connectivity index (χ3n) is 3.91. The molecule has 0 radical (unpaired) electrons. The van der Waals surface area contributed by atoms with E-state index in [1.807, 2.05) is 18.2 Å². The van der Waals surface area contributed by atoms with Crippen molar-refractivity contribution in [2.75, 3.05) is 31.3 Å². The van der Waals surface area contributed by atoms with Crippen LogP contribution in [0.2, 0.25) is 0 Å². The average molecular weight is 337 g/mol. The predicted octanol–water partition coefficient (Wildman–Crippen LogP) is 2.38. The van der Waals surface area contributed by atoms with Gasteiger partial charge in [-0.15, -0.1) is 11.8 Å². The lowest BCUT2D eigenvalue weighted by atomic mass is 10.1. The molecule has 1 saturated heterocycles. The molecule has 0 spiro atoms. The van der Waals surface area contributed by atoms with Gasteiger partial charge in [0, 0.05) is 18.9 Å².